The van der Waals surface area contributed by atoms with E-state index in [9.17, 15) is 0 Å². The number of aromatic amines is 1. The molecule has 24 heavy (non-hydrogen) atoms. The Morgan fingerprint density at radius 2 is 1.83 bits per heavy atom. The van der Waals surface area contributed by atoms with Crippen molar-refractivity contribution in [3.05, 3.63) is 66.5 Å². The standard InChI is InChI=1S/C4H6N2.2C4H5NO.C3H4N2O/c1-4-2-5-3-6-4;1-4-5-2-3-6-4;1-4-2-3-5-6-4;1-3-2-4-6-5-3/h2-3H,1H3,(H,5,6);2*2-3H,1H3;2H,1H3. The molecule has 1 N–H and O–H groups in total. The van der Waals surface area contributed by atoms with Crippen molar-refractivity contribution in [2.45, 2.75) is 27.7 Å². The average Bonchev–Trinajstić information content (AvgIpc) is 3.31. The Morgan fingerprint density at radius 1 is 1.00 bits per heavy atom. The quantitative estimate of drug-likeness (QED) is 0.521. The second-order valence-electron chi connectivity index (χ2n) is 4.46. The highest BCUT2D eigenvalue weighted by molar-refractivity contribution is 4.88. The Labute approximate surface area is 139 Å². The van der Waals surface area contributed by atoms with E-state index in [1.807, 2.05) is 20.8 Å². The molecule has 4 heterocycles. The monoisotopic (exact) mass is 332 g/mol. The third kappa shape index (κ3) is 9.66. The molecule has 4 aromatic rings. The van der Waals surface area contributed by atoms with Gasteiger partial charge >= 0.3 is 0 Å². The van der Waals surface area contributed by atoms with Crippen LogP contribution in [0.1, 0.15) is 23.0 Å². The molecule has 0 radical (unpaired) electrons. The molecule has 0 aromatic carbocycles. The van der Waals surface area contributed by atoms with E-state index in [1.165, 1.54) is 0 Å². The number of oxazole rings is 1. The lowest BCUT2D eigenvalue weighted by molar-refractivity contribution is 0.304. The predicted molar refractivity (Wildman–Crippen MR) is 84.8 cm³/mol. The van der Waals surface area contributed by atoms with Crippen molar-refractivity contribution in [1.29, 1.82) is 0 Å². The van der Waals surface area contributed by atoms with Crippen LogP contribution >= 0.6 is 0 Å². The van der Waals surface area contributed by atoms with E-state index >= 15 is 0 Å². The van der Waals surface area contributed by atoms with Gasteiger partial charge in [-0.3, -0.25) is 0 Å². The number of nitrogens with one attached hydrogen (secondary N) is 1. The van der Waals surface area contributed by atoms with Gasteiger partial charge in [0.1, 0.15) is 17.7 Å². The lowest BCUT2D eigenvalue weighted by atomic mass is 10.5. The Balaban J connectivity index is 0.000000160. The third-order valence-corrected chi connectivity index (χ3v) is 2.23. The van der Waals surface area contributed by atoms with Gasteiger partial charge in [-0.1, -0.05) is 15.5 Å². The highest BCUT2D eigenvalue weighted by atomic mass is 16.6. The summed E-state index contributed by atoms with van der Waals surface area (Å²) in [6.07, 6.45) is 9.79. The maximum atomic E-state index is 4.72. The van der Waals surface area contributed by atoms with Crippen molar-refractivity contribution in [3.63, 3.8) is 0 Å². The number of nitrogens with zero attached hydrogens (tertiary/aromatic N) is 5. The summed E-state index contributed by atoms with van der Waals surface area (Å²) in [7, 11) is 0. The van der Waals surface area contributed by atoms with E-state index in [4.69, 9.17) is 4.42 Å². The van der Waals surface area contributed by atoms with Crippen molar-refractivity contribution >= 4 is 0 Å². The van der Waals surface area contributed by atoms with Gasteiger partial charge in [0.15, 0.2) is 5.89 Å². The van der Waals surface area contributed by atoms with Gasteiger partial charge < -0.3 is 13.9 Å². The average molecular weight is 332 g/mol. The fourth-order valence-electron chi connectivity index (χ4n) is 1.11. The molecule has 0 amide bonds. The molecular weight excluding hydrogens is 312 g/mol. The molecule has 0 fully saturated rings. The molecule has 4 aromatic heterocycles. The highest BCUT2D eigenvalue weighted by Gasteiger charge is 1.80. The third-order valence-electron chi connectivity index (χ3n) is 2.23. The van der Waals surface area contributed by atoms with E-state index in [1.54, 1.807) is 50.4 Å². The first-order chi connectivity index (χ1) is 11.6. The largest absolute Gasteiger partial charge is 0.449 e. The molecule has 0 unspecified atom stereocenters. The zero-order valence-corrected chi connectivity index (χ0v) is 14.0. The van der Waals surface area contributed by atoms with Crippen LogP contribution in [0.4, 0.5) is 0 Å². The fourth-order valence-corrected chi connectivity index (χ4v) is 1.11. The summed E-state index contributed by atoms with van der Waals surface area (Å²) in [5.74, 6) is 1.57. The minimum atomic E-state index is 0.718. The number of aryl methyl sites for hydroxylation is 4. The van der Waals surface area contributed by atoms with Gasteiger partial charge in [-0.05, 0) is 20.8 Å². The number of hydrogen-bond donors (Lipinski definition) is 1. The summed E-state index contributed by atoms with van der Waals surface area (Å²) in [5, 5.41) is 10.2. The summed E-state index contributed by atoms with van der Waals surface area (Å²) in [5.41, 5.74) is 1.92. The van der Waals surface area contributed by atoms with Crippen LogP contribution in [0.25, 0.3) is 0 Å². The van der Waals surface area contributed by atoms with Crippen LogP contribution in [0, 0.1) is 27.7 Å². The number of aromatic nitrogens is 6. The molecule has 0 aliphatic heterocycles. The fraction of sp³-hybridized carbons (Fsp3) is 0.267. The van der Waals surface area contributed by atoms with Gasteiger partial charge in [0.2, 0.25) is 0 Å². The summed E-state index contributed by atoms with van der Waals surface area (Å²) >= 11 is 0. The van der Waals surface area contributed by atoms with Gasteiger partial charge in [-0.25, -0.2) is 14.6 Å². The van der Waals surface area contributed by atoms with Crippen molar-refractivity contribution in [1.82, 2.24) is 30.4 Å². The van der Waals surface area contributed by atoms with Crippen molar-refractivity contribution in [3.8, 4) is 0 Å². The summed E-state index contributed by atoms with van der Waals surface area (Å²) in [6, 6.07) is 1.81. The Kier molecular flexibility index (Phi) is 8.90. The summed E-state index contributed by atoms with van der Waals surface area (Å²) < 4.78 is 13.5. The molecule has 9 nitrogen and oxygen atoms in total. The van der Waals surface area contributed by atoms with Gasteiger partial charge in [0.25, 0.3) is 0 Å². The molecule has 0 spiro atoms. The van der Waals surface area contributed by atoms with E-state index in [0.717, 1.165) is 23.0 Å². The lowest BCUT2D eigenvalue weighted by Crippen LogP contribution is -1.59. The van der Waals surface area contributed by atoms with Gasteiger partial charge in [0, 0.05) is 24.9 Å². The van der Waals surface area contributed by atoms with Crippen LogP contribution in [0.3, 0.4) is 0 Å². The summed E-state index contributed by atoms with van der Waals surface area (Å²) in [6.45, 7) is 7.44. The Hall–Kier alpha value is -3.23. The SMILES string of the molecule is Cc1ccno1.Cc1cnc[nH]1.Cc1cnon1.Cc1ncco1. The van der Waals surface area contributed by atoms with Crippen LogP contribution < -0.4 is 0 Å². The minimum Gasteiger partial charge on any atom is -0.449 e. The first kappa shape index (κ1) is 18.8. The molecule has 9 heteroatoms. The van der Waals surface area contributed by atoms with Crippen LogP contribution in [-0.2, 0) is 0 Å². The molecule has 4 rings (SSSR count). The molecule has 0 bridgehead atoms. The maximum Gasteiger partial charge on any atom is 0.190 e. The second kappa shape index (κ2) is 11.4. The molecule has 0 aliphatic carbocycles. The zero-order valence-electron chi connectivity index (χ0n) is 14.0. The second-order valence-corrected chi connectivity index (χ2v) is 4.46. The van der Waals surface area contributed by atoms with Crippen molar-refractivity contribution < 1.29 is 13.6 Å². The van der Waals surface area contributed by atoms with Crippen molar-refractivity contribution in [2.75, 3.05) is 0 Å². The number of imidazole rings is 1. The minimum absolute atomic E-state index is 0.718. The van der Waals surface area contributed by atoms with Crippen LogP contribution in [0.15, 0.2) is 57.0 Å². The molecule has 128 valence electrons. The summed E-state index contributed by atoms with van der Waals surface area (Å²) in [4.78, 5) is 10.4. The van der Waals surface area contributed by atoms with Gasteiger partial charge in [0.05, 0.1) is 24.9 Å². The Bertz CT molecular complexity index is 575. The van der Waals surface area contributed by atoms with Gasteiger partial charge in [-0.2, -0.15) is 0 Å². The van der Waals surface area contributed by atoms with Crippen LogP contribution in [0.5, 0.6) is 0 Å². The normalized spacial score (nSPS) is 8.83. The van der Waals surface area contributed by atoms with E-state index in [2.05, 4.69) is 39.6 Å². The predicted octanol–water partition coefficient (Wildman–Crippen LogP) is 3.06. The Morgan fingerprint density at radius 3 is 2.00 bits per heavy atom. The number of H-pyrrole nitrogens is 1. The lowest BCUT2D eigenvalue weighted by Gasteiger charge is -1.67. The maximum absolute atomic E-state index is 4.72. The van der Waals surface area contributed by atoms with Gasteiger partial charge in [-0.15, -0.1) is 0 Å². The first-order valence-corrected chi connectivity index (χ1v) is 7.00. The van der Waals surface area contributed by atoms with Crippen LogP contribution in [-0.4, -0.2) is 30.4 Å². The highest BCUT2D eigenvalue weighted by Crippen LogP contribution is 1.88. The zero-order chi connectivity index (χ0) is 17.6. The molecule has 0 saturated carbocycles. The smallest absolute Gasteiger partial charge is 0.190 e. The topological polar surface area (TPSA) is 120 Å². The number of rotatable bonds is 0. The van der Waals surface area contributed by atoms with E-state index in [-0.39, 0.29) is 0 Å². The molecule has 0 aliphatic rings. The first-order valence-electron chi connectivity index (χ1n) is 7.00. The van der Waals surface area contributed by atoms with E-state index < -0.39 is 0 Å². The van der Waals surface area contributed by atoms with Crippen molar-refractivity contribution in [2.24, 2.45) is 0 Å². The molecule has 0 atom stereocenters. The van der Waals surface area contributed by atoms with E-state index in [0.29, 0.717) is 0 Å². The van der Waals surface area contributed by atoms with Crippen LogP contribution in [0.2, 0.25) is 0 Å². The molecule has 0 saturated heterocycles. The number of hydrogen-bond acceptors (Lipinski definition) is 8. The molecular formula is C15H20N6O3.